The lowest BCUT2D eigenvalue weighted by atomic mass is 9.99. The maximum atomic E-state index is 11.5. The molecule has 4 heteroatoms. The fraction of sp³-hybridized carbons (Fsp3) is 0.889. The quantitative estimate of drug-likeness (QED) is 0.676. The predicted octanol–water partition coefficient (Wildman–Crippen LogP) is 0.422. The lowest BCUT2D eigenvalue weighted by Crippen LogP contribution is -2.32. The first-order valence-electron chi connectivity index (χ1n) is 4.95. The molecule has 1 heterocycles. The number of amides is 1. The van der Waals surface area contributed by atoms with E-state index < -0.39 is 0 Å². The smallest absolute Gasteiger partial charge is 0.249 e. The van der Waals surface area contributed by atoms with E-state index >= 15 is 0 Å². The van der Waals surface area contributed by atoms with Crippen molar-refractivity contribution < 1.29 is 9.63 Å². The van der Waals surface area contributed by atoms with Crippen LogP contribution in [0.4, 0.5) is 0 Å². The van der Waals surface area contributed by atoms with Gasteiger partial charge in [0, 0.05) is 6.54 Å². The van der Waals surface area contributed by atoms with Gasteiger partial charge in [0.25, 0.3) is 0 Å². The lowest BCUT2D eigenvalue weighted by Gasteiger charge is -2.22. The third kappa shape index (κ3) is 1.56. The molecule has 2 N–H and O–H groups in total. The molecule has 2 aliphatic rings. The van der Waals surface area contributed by atoms with Crippen LogP contribution in [0.1, 0.15) is 32.1 Å². The summed E-state index contributed by atoms with van der Waals surface area (Å²) in [5.74, 6) is 0.104. The maximum absolute atomic E-state index is 11.5. The van der Waals surface area contributed by atoms with Crippen LogP contribution in [-0.4, -0.2) is 29.7 Å². The van der Waals surface area contributed by atoms with Crippen molar-refractivity contribution >= 4 is 5.91 Å². The predicted molar refractivity (Wildman–Crippen MR) is 47.7 cm³/mol. The van der Waals surface area contributed by atoms with Crippen molar-refractivity contribution in [3.05, 3.63) is 0 Å². The van der Waals surface area contributed by atoms with Crippen LogP contribution >= 0.6 is 0 Å². The van der Waals surface area contributed by atoms with E-state index in [1.54, 1.807) is 0 Å². The van der Waals surface area contributed by atoms with Gasteiger partial charge in [0.05, 0.1) is 13.0 Å². The van der Waals surface area contributed by atoms with Gasteiger partial charge in [-0.2, -0.15) is 0 Å². The Kier molecular flexibility index (Phi) is 2.26. The molecular formula is C9H16N2O2. The molecular weight excluding hydrogens is 168 g/mol. The summed E-state index contributed by atoms with van der Waals surface area (Å²) < 4.78 is 0. The fourth-order valence-electron chi connectivity index (χ4n) is 2.26. The molecule has 0 aromatic rings. The first kappa shape index (κ1) is 8.97. The standard InChI is InChI=1S/C9H16N2O2/c10-5-6-11-8(12)7-9(13-11)3-1-2-4-9/h1-7,10H2. The second kappa shape index (κ2) is 3.27. The molecule has 0 atom stereocenters. The van der Waals surface area contributed by atoms with Gasteiger partial charge >= 0.3 is 0 Å². The topological polar surface area (TPSA) is 55.6 Å². The lowest BCUT2D eigenvalue weighted by molar-refractivity contribution is -0.196. The number of hydrogen-bond donors (Lipinski definition) is 1. The number of rotatable bonds is 2. The Morgan fingerprint density at radius 1 is 1.46 bits per heavy atom. The Morgan fingerprint density at radius 3 is 2.77 bits per heavy atom. The largest absolute Gasteiger partial charge is 0.329 e. The van der Waals surface area contributed by atoms with Crippen molar-refractivity contribution in [1.29, 1.82) is 0 Å². The second-order valence-corrected chi connectivity index (χ2v) is 3.94. The summed E-state index contributed by atoms with van der Waals surface area (Å²) in [4.78, 5) is 17.1. The summed E-state index contributed by atoms with van der Waals surface area (Å²) in [6.07, 6.45) is 4.99. The Bertz CT molecular complexity index is 212. The van der Waals surface area contributed by atoms with Gasteiger partial charge in [-0.1, -0.05) is 12.8 Å². The number of hydrogen-bond acceptors (Lipinski definition) is 3. The summed E-state index contributed by atoms with van der Waals surface area (Å²) in [6, 6.07) is 0. The average Bonchev–Trinajstić information content (AvgIpc) is 2.63. The van der Waals surface area contributed by atoms with Crippen molar-refractivity contribution in [2.24, 2.45) is 5.73 Å². The zero-order valence-corrected chi connectivity index (χ0v) is 7.79. The number of nitrogens with zero attached hydrogens (tertiary/aromatic N) is 1. The minimum atomic E-state index is -0.147. The average molecular weight is 184 g/mol. The maximum Gasteiger partial charge on any atom is 0.249 e. The number of hydroxylamine groups is 2. The van der Waals surface area contributed by atoms with E-state index in [2.05, 4.69) is 0 Å². The minimum Gasteiger partial charge on any atom is -0.329 e. The molecule has 0 unspecified atom stereocenters. The van der Waals surface area contributed by atoms with E-state index in [1.807, 2.05) is 0 Å². The highest BCUT2D eigenvalue weighted by molar-refractivity contribution is 5.78. The first-order valence-corrected chi connectivity index (χ1v) is 4.95. The molecule has 1 spiro atoms. The van der Waals surface area contributed by atoms with Crippen LogP contribution in [-0.2, 0) is 9.63 Å². The summed E-state index contributed by atoms with van der Waals surface area (Å²) in [5.41, 5.74) is 5.24. The molecule has 1 aliphatic carbocycles. The van der Waals surface area contributed by atoms with Crippen LogP contribution in [0.2, 0.25) is 0 Å². The van der Waals surface area contributed by atoms with Crippen molar-refractivity contribution in [2.45, 2.75) is 37.7 Å². The van der Waals surface area contributed by atoms with E-state index in [9.17, 15) is 4.79 Å². The Hall–Kier alpha value is -0.610. The second-order valence-electron chi connectivity index (χ2n) is 3.94. The molecule has 2 fully saturated rings. The molecule has 13 heavy (non-hydrogen) atoms. The van der Waals surface area contributed by atoms with Gasteiger partial charge in [0.15, 0.2) is 0 Å². The molecule has 74 valence electrons. The zero-order valence-electron chi connectivity index (χ0n) is 7.79. The fourth-order valence-corrected chi connectivity index (χ4v) is 2.26. The van der Waals surface area contributed by atoms with Gasteiger partial charge in [0.1, 0.15) is 5.60 Å². The highest BCUT2D eigenvalue weighted by atomic mass is 16.7. The van der Waals surface area contributed by atoms with Crippen LogP contribution in [0, 0.1) is 0 Å². The Labute approximate surface area is 78.0 Å². The van der Waals surface area contributed by atoms with Gasteiger partial charge in [-0.05, 0) is 12.8 Å². The van der Waals surface area contributed by atoms with E-state index in [-0.39, 0.29) is 11.5 Å². The molecule has 1 saturated carbocycles. The summed E-state index contributed by atoms with van der Waals surface area (Å²) in [5, 5.41) is 1.45. The molecule has 0 radical (unpaired) electrons. The van der Waals surface area contributed by atoms with E-state index in [0.717, 1.165) is 12.8 Å². The van der Waals surface area contributed by atoms with Crippen molar-refractivity contribution in [3.8, 4) is 0 Å². The Balaban J connectivity index is 2.01. The summed E-state index contributed by atoms with van der Waals surface area (Å²) >= 11 is 0. The number of carbonyl (C=O) groups excluding carboxylic acids is 1. The van der Waals surface area contributed by atoms with Gasteiger partial charge < -0.3 is 5.73 Å². The third-order valence-corrected chi connectivity index (χ3v) is 2.90. The van der Waals surface area contributed by atoms with Crippen LogP contribution in [0.25, 0.3) is 0 Å². The van der Waals surface area contributed by atoms with Crippen molar-refractivity contribution in [1.82, 2.24) is 5.06 Å². The summed E-state index contributed by atoms with van der Waals surface area (Å²) in [7, 11) is 0. The SMILES string of the molecule is NCCN1OC2(CCCC2)CC1=O. The van der Waals surface area contributed by atoms with Crippen LogP contribution in [0.15, 0.2) is 0 Å². The van der Waals surface area contributed by atoms with Gasteiger partial charge in [-0.15, -0.1) is 0 Å². The number of nitrogens with two attached hydrogens (primary N) is 1. The van der Waals surface area contributed by atoms with Gasteiger partial charge in [-0.3, -0.25) is 9.63 Å². The van der Waals surface area contributed by atoms with Crippen molar-refractivity contribution in [2.75, 3.05) is 13.1 Å². The van der Waals surface area contributed by atoms with Crippen LogP contribution in [0.5, 0.6) is 0 Å². The molecule has 1 saturated heterocycles. The molecule has 1 aliphatic heterocycles. The summed E-state index contributed by atoms with van der Waals surface area (Å²) in [6.45, 7) is 1.00. The van der Waals surface area contributed by atoms with Crippen molar-refractivity contribution in [3.63, 3.8) is 0 Å². The normalized spacial score (nSPS) is 26.2. The zero-order chi connectivity index (χ0) is 9.31. The van der Waals surface area contributed by atoms with Gasteiger partial charge in [0.2, 0.25) is 5.91 Å². The third-order valence-electron chi connectivity index (χ3n) is 2.90. The molecule has 4 nitrogen and oxygen atoms in total. The first-order chi connectivity index (χ1) is 6.26. The molecule has 0 aromatic carbocycles. The van der Waals surface area contributed by atoms with E-state index in [4.69, 9.17) is 10.6 Å². The van der Waals surface area contributed by atoms with Crippen LogP contribution in [0.3, 0.4) is 0 Å². The van der Waals surface area contributed by atoms with E-state index in [0.29, 0.717) is 19.5 Å². The molecule has 0 bridgehead atoms. The molecule has 2 rings (SSSR count). The molecule has 0 aromatic heterocycles. The molecule has 1 amide bonds. The number of carbonyl (C=O) groups is 1. The highest BCUT2D eigenvalue weighted by Crippen LogP contribution is 2.40. The monoisotopic (exact) mass is 184 g/mol. The Morgan fingerprint density at radius 2 is 2.15 bits per heavy atom. The van der Waals surface area contributed by atoms with Crippen LogP contribution < -0.4 is 5.73 Å². The van der Waals surface area contributed by atoms with E-state index in [1.165, 1.54) is 17.9 Å². The minimum absolute atomic E-state index is 0.104. The highest BCUT2D eigenvalue weighted by Gasteiger charge is 2.46. The van der Waals surface area contributed by atoms with Gasteiger partial charge in [-0.25, -0.2) is 5.06 Å².